The van der Waals surface area contributed by atoms with Crippen molar-refractivity contribution in [1.82, 2.24) is 4.90 Å². The maximum atomic E-state index is 12.6. The number of hydrogen-bond donors (Lipinski definition) is 1. The van der Waals surface area contributed by atoms with Gasteiger partial charge in [0.1, 0.15) is 0 Å². The zero-order valence-electron chi connectivity index (χ0n) is 14.6. The summed E-state index contributed by atoms with van der Waals surface area (Å²) in [5, 5.41) is 3.43. The molecule has 0 unspecified atom stereocenters. The molecule has 27 heavy (non-hydrogen) atoms. The smallest absolute Gasteiger partial charge is 0.326 e. The van der Waals surface area contributed by atoms with Crippen molar-refractivity contribution < 1.29 is 18.0 Å². The van der Waals surface area contributed by atoms with Gasteiger partial charge in [-0.25, -0.2) is 0 Å². The minimum atomic E-state index is -4.38. The van der Waals surface area contributed by atoms with Gasteiger partial charge < -0.3 is 5.32 Å². The Labute approximate surface area is 161 Å². The topological polar surface area (TPSA) is 32.3 Å². The molecule has 0 bridgehead atoms. The lowest BCUT2D eigenvalue weighted by molar-refractivity contribution is -0.137. The third-order valence-corrected chi connectivity index (χ3v) is 4.97. The van der Waals surface area contributed by atoms with Gasteiger partial charge in [-0.1, -0.05) is 23.7 Å². The summed E-state index contributed by atoms with van der Waals surface area (Å²) in [6, 6.07) is 12.2. The maximum absolute atomic E-state index is 12.6. The molecule has 1 aliphatic heterocycles. The van der Waals surface area contributed by atoms with Crippen LogP contribution in [0, 0.1) is 5.92 Å². The number of rotatable bonds is 4. The normalized spacial score (nSPS) is 16.3. The number of benzene rings is 2. The summed E-state index contributed by atoms with van der Waals surface area (Å²) in [6.45, 7) is 2.36. The molecule has 1 aliphatic rings. The third kappa shape index (κ3) is 5.47. The molecule has 3 nitrogen and oxygen atoms in total. The highest BCUT2D eigenvalue weighted by Crippen LogP contribution is 2.30. The van der Waals surface area contributed by atoms with E-state index in [4.69, 9.17) is 11.6 Å². The van der Waals surface area contributed by atoms with Gasteiger partial charge in [0.2, 0.25) is 5.91 Å². The van der Waals surface area contributed by atoms with Crippen LogP contribution < -0.4 is 5.32 Å². The van der Waals surface area contributed by atoms with Crippen LogP contribution in [0.15, 0.2) is 48.5 Å². The number of likely N-dealkylation sites (tertiary alicyclic amines) is 1. The van der Waals surface area contributed by atoms with Crippen molar-refractivity contribution in [3.05, 3.63) is 64.7 Å². The molecule has 1 N–H and O–H groups in total. The molecule has 1 amide bonds. The van der Waals surface area contributed by atoms with Crippen LogP contribution in [0.3, 0.4) is 0 Å². The number of carbonyl (C=O) groups is 1. The average Bonchev–Trinajstić information content (AvgIpc) is 2.62. The number of hydrogen-bond acceptors (Lipinski definition) is 2. The van der Waals surface area contributed by atoms with Gasteiger partial charge in [0.15, 0.2) is 0 Å². The van der Waals surface area contributed by atoms with Crippen LogP contribution in [-0.4, -0.2) is 23.9 Å². The molecule has 7 heteroatoms. The van der Waals surface area contributed by atoms with E-state index in [1.54, 1.807) is 0 Å². The second-order valence-corrected chi connectivity index (χ2v) is 7.18. The Morgan fingerprint density at radius 1 is 1.11 bits per heavy atom. The second kappa shape index (κ2) is 8.31. The Balaban J connectivity index is 1.49. The lowest BCUT2D eigenvalue weighted by Crippen LogP contribution is -2.37. The van der Waals surface area contributed by atoms with Gasteiger partial charge in [-0.15, -0.1) is 0 Å². The summed E-state index contributed by atoms with van der Waals surface area (Å²) in [7, 11) is 0. The summed E-state index contributed by atoms with van der Waals surface area (Å²) in [6.07, 6.45) is -2.95. The lowest BCUT2D eigenvalue weighted by atomic mass is 9.95. The molecule has 0 radical (unpaired) electrons. The first-order valence-electron chi connectivity index (χ1n) is 8.76. The van der Waals surface area contributed by atoms with Crippen molar-refractivity contribution >= 4 is 23.2 Å². The fraction of sp³-hybridized carbons (Fsp3) is 0.350. The van der Waals surface area contributed by atoms with E-state index in [1.165, 1.54) is 12.1 Å². The van der Waals surface area contributed by atoms with Gasteiger partial charge in [-0.3, -0.25) is 9.69 Å². The molecule has 3 rings (SSSR count). The Morgan fingerprint density at radius 2 is 1.78 bits per heavy atom. The Bertz CT molecular complexity index is 785. The van der Waals surface area contributed by atoms with Crippen LogP contribution in [0.5, 0.6) is 0 Å². The monoisotopic (exact) mass is 396 g/mol. The predicted molar refractivity (Wildman–Crippen MR) is 99.5 cm³/mol. The van der Waals surface area contributed by atoms with E-state index in [0.29, 0.717) is 23.6 Å². The number of amides is 1. The maximum Gasteiger partial charge on any atom is 0.416 e. The third-order valence-electron chi connectivity index (χ3n) is 4.73. The summed E-state index contributed by atoms with van der Waals surface area (Å²) in [4.78, 5) is 14.7. The number of carbonyl (C=O) groups excluding carboxylic acids is 1. The number of halogens is 4. The van der Waals surface area contributed by atoms with E-state index in [9.17, 15) is 18.0 Å². The molecule has 1 fully saturated rings. The van der Waals surface area contributed by atoms with Crippen molar-refractivity contribution in [3.8, 4) is 0 Å². The number of nitrogens with zero attached hydrogens (tertiary/aromatic N) is 1. The van der Waals surface area contributed by atoms with Crippen LogP contribution in [0.2, 0.25) is 5.02 Å². The van der Waals surface area contributed by atoms with Gasteiger partial charge in [0.05, 0.1) is 5.56 Å². The first-order valence-corrected chi connectivity index (χ1v) is 9.14. The second-order valence-electron chi connectivity index (χ2n) is 6.74. The van der Waals surface area contributed by atoms with Crippen LogP contribution in [-0.2, 0) is 17.5 Å². The minimum absolute atomic E-state index is 0.136. The number of piperidine rings is 1. The highest BCUT2D eigenvalue weighted by molar-refractivity contribution is 6.30. The summed E-state index contributed by atoms with van der Waals surface area (Å²) < 4.78 is 37.8. The number of alkyl halides is 3. The summed E-state index contributed by atoms with van der Waals surface area (Å²) in [5.41, 5.74) is 0.791. The SMILES string of the molecule is O=C(Nc1ccc(C(F)(F)F)cc1)C1CCN(Cc2cccc(Cl)c2)CC1. The largest absolute Gasteiger partial charge is 0.416 e. The van der Waals surface area contributed by atoms with Gasteiger partial charge in [-0.2, -0.15) is 13.2 Å². The van der Waals surface area contributed by atoms with Crippen LogP contribution in [0.25, 0.3) is 0 Å². The summed E-state index contributed by atoms with van der Waals surface area (Å²) >= 11 is 6.01. The number of nitrogens with one attached hydrogen (secondary N) is 1. The summed E-state index contributed by atoms with van der Waals surface area (Å²) in [5.74, 6) is -0.278. The van der Waals surface area contributed by atoms with E-state index in [1.807, 2.05) is 24.3 Å². The van der Waals surface area contributed by atoms with E-state index in [2.05, 4.69) is 10.2 Å². The molecular weight excluding hydrogens is 377 g/mol. The Hall–Kier alpha value is -2.05. The van der Waals surface area contributed by atoms with Crippen molar-refractivity contribution in [2.75, 3.05) is 18.4 Å². The van der Waals surface area contributed by atoms with E-state index in [-0.39, 0.29) is 11.8 Å². The molecular formula is C20H20ClF3N2O. The quantitative estimate of drug-likeness (QED) is 0.769. The molecule has 1 heterocycles. The molecule has 0 aliphatic carbocycles. The van der Waals surface area contributed by atoms with Crippen LogP contribution in [0.1, 0.15) is 24.0 Å². The van der Waals surface area contributed by atoms with Gasteiger partial charge in [0.25, 0.3) is 0 Å². The van der Waals surface area contributed by atoms with E-state index < -0.39 is 11.7 Å². The van der Waals surface area contributed by atoms with Crippen LogP contribution >= 0.6 is 11.6 Å². The van der Waals surface area contributed by atoms with E-state index in [0.717, 1.165) is 37.3 Å². The highest BCUT2D eigenvalue weighted by Gasteiger charge is 2.30. The zero-order chi connectivity index (χ0) is 19.4. The lowest BCUT2D eigenvalue weighted by Gasteiger charge is -2.31. The molecule has 1 saturated heterocycles. The first-order chi connectivity index (χ1) is 12.8. The van der Waals surface area contributed by atoms with Gasteiger partial charge >= 0.3 is 6.18 Å². The molecule has 0 aromatic heterocycles. The molecule has 2 aromatic carbocycles. The predicted octanol–water partition coefficient (Wildman–Crippen LogP) is 5.21. The van der Waals surface area contributed by atoms with Gasteiger partial charge in [0, 0.05) is 23.2 Å². The Kier molecular flexibility index (Phi) is 6.07. The zero-order valence-corrected chi connectivity index (χ0v) is 15.4. The fourth-order valence-electron chi connectivity index (χ4n) is 3.23. The fourth-order valence-corrected chi connectivity index (χ4v) is 3.45. The Morgan fingerprint density at radius 3 is 2.37 bits per heavy atom. The van der Waals surface area contributed by atoms with Crippen molar-refractivity contribution in [1.29, 1.82) is 0 Å². The molecule has 0 atom stereocenters. The minimum Gasteiger partial charge on any atom is -0.326 e. The van der Waals surface area contributed by atoms with Crippen molar-refractivity contribution in [3.63, 3.8) is 0 Å². The molecule has 0 spiro atoms. The van der Waals surface area contributed by atoms with E-state index >= 15 is 0 Å². The molecule has 2 aromatic rings. The highest BCUT2D eigenvalue weighted by atomic mass is 35.5. The first kappa shape index (κ1) is 19.7. The number of anilines is 1. The van der Waals surface area contributed by atoms with Crippen molar-refractivity contribution in [2.45, 2.75) is 25.6 Å². The van der Waals surface area contributed by atoms with Crippen LogP contribution in [0.4, 0.5) is 18.9 Å². The van der Waals surface area contributed by atoms with Crippen molar-refractivity contribution in [2.24, 2.45) is 5.92 Å². The molecule has 144 valence electrons. The standard InChI is InChI=1S/C20H20ClF3N2O/c21-17-3-1-2-14(12-17)13-26-10-8-15(9-11-26)19(27)25-18-6-4-16(5-7-18)20(22,23)24/h1-7,12,15H,8-11,13H2,(H,25,27). The average molecular weight is 397 g/mol. The van der Waals surface area contributed by atoms with Gasteiger partial charge in [-0.05, 0) is 67.9 Å². The molecule has 0 saturated carbocycles.